The Bertz CT molecular complexity index is 655. The number of carbonyl (C=O) groups is 1. The monoisotopic (exact) mass is 285 g/mol. The predicted octanol–water partition coefficient (Wildman–Crippen LogP) is 3.32. The molecule has 1 aromatic heterocycles. The smallest absolute Gasteiger partial charge is 0.230 e. The second-order valence-corrected chi connectivity index (χ2v) is 5.64. The van der Waals surface area contributed by atoms with Crippen LogP contribution in [0, 0.1) is 11.3 Å². The molecule has 0 atom stereocenters. The second kappa shape index (κ2) is 6.31. The van der Waals surface area contributed by atoms with E-state index >= 15 is 0 Å². The minimum absolute atomic E-state index is 0.124. The first-order valence-electron chi connectivity index (χ1n) is 6.33. The number of hydrogen-bond acceptors (Lipinski definition) is 4. The maximum atomic E-state index is 11.9. The van der Waals surface area contributed by atoms with Crippen LogP contribution in [0.15, 0.2) is 29.6 Å². The zero-order valence-electron chi connectivity index (χ0n) is 11.4. The molecule has 0 spiro atoms. The highest BCUT2D eigenvalue weighted by Crippen LogP contribution is 2.19. The molecule has 4 nitrogen and oxygen atoms in total. The van der Waals surface area contributed by atoms with Crippen LogP contribution >= 0.6 is 11.3 Å². The van der Waals surface area contributed by atoms with E-state index in [1.165, 1.54) is 0 Å². The molecule has 5 heteroatoms. The number of nitrogens with one attached hydrogen (secondary N) is 1. The molecule has 0 radical (unpaired) electrons. The Morgan fingerprint density at radius 1 is 1.50 bits per heavy atom. The van der Waals surface area contributed by atoms with Gasteiger partial charge in [-0.15, -0.1) is 11.3 Å². The highest BCUT2D eigenvalue weighted by atomic mass is 32.1. The van der Waals surface area contributed by atoms with Crippen molar-refractivity contribution in [1.29, 1.82) is 5.26 Å². The Morgan fingerprint density at radius 2 is 2.30 bits per heavy atom. The topological polar surface area (TPSA) is 65.8 Å². The molecular formula is C15H15N3OS. The van der Waals surface area contributed by atoms with Gasteiger partial charge in [0.15, 0.2) is 0 Å². The fraction of sp³-hybridized carbons (Fsp3) is 0.267. The number of nitrogens with zero attached hydrogens (tertiary/aromatic N) is 2. The summed E-state index contributed by atoms with van der Waals surface area (Å²) in [5.74, 6) is 0.254. The van der Waals surface area contributed by atoms with Crippen molar-refractivity contribution in [3.8, 4) is 6.07 Å². The first kappa shape index (κ1) is 14.2. The summed E-state index contributed by atoms with van der Waals surface area (Å²) >= 11 is 1.58. The maximum Gasteiger partial charge on any atom is 0.230 e. The van der Waals surface area contributed by atoms with E-state index in [2.05, 4.69) is 24.1 Å². The summed E-state index contributed by atoms with van der Waals surface area (Å²) in [6, 6.07) is 8.90. The van der Waals surface area contributed by atoms with Gasteiger partial charge in [-0.3, -0.25) is 4.79 Å². The van der Waals surface area contributed by atoms with Crippen LogP contribution in [0.1, 0.15) is 36.0 Å². The largest absolute Gasteiger partial charge is 0.326 e. The molecule has 20 heavy (non-hydrogen) atoms. The van der Waals surface area contributed by atoms with Crippen LogP contribution < -0.4 is 5.32 Å². The van der Waals surface area contributed by atoms with Gasteiger partial charge in [0.25, 0.3) is 0 Å². The average molecular weight is 285 g/mol. The van der Waals surface area contributed by atoms with Gasteiger partial charge in [-0.2, -0.15) is 5.26 Å². The van der Waals surface area contributed by atoms with E-state index < -0.39 is 0 Å². The van der Waals surface area contributed by atoms with E-state index in [9.17, 15) is 4.79 Å². The molecule has 0 aliphatic heterocycles. The van der Waals surface area contributed by atoms with E-state index in [0.717, 1.165) is 10.7 Å². The standard InChI is InChI=1S/C15H15N3OS/c1-10(2)15-18-13(9-20-15)7-14(19)17-12-5-3-4-11(6-12)8-16/h3-6,9-10H,7H2,1-2H3,(H,17,19). The number of aromatic nitrogens is 1. The number of benzene rings is 1. The Morgan fingerprint density at radius 3 is 2.95 bits per heavy atom. The molecule has 0 unspecified atom stereocenters. The van der Waals surface area contributed by atoms with E-state index in [1.54, 1.807) is 35.6 Å². The lowest BCUT2D eigenvalue weighted by Gasteiger charge is -2.04. The van der Waals surface area contributed by atoms with Crippen molar-refractivity contribution < 1.29 is 4.79 Å². The third-order valence-corrected chi connectivity index (χ3v) is 3.87. The number of hydrogen-bond donors (Lipinski definition) is 1. The van der Waals surface area contributed by atoms with Crippen molar-refractivity contribution in [3.05, 3.63) is 45.9 Å². The van der Waals surface area contributed by atoms with Gasteiger partial charge in [0, 0.05) is 17.0 Å². The fourth-order valence-electron chi connectivity index (χ4n) is 1.71. The lowest BCUT2D eigenvalue weighted by atomic mass is 10.2. The number of thiazole rings is 1. The van der Waals surface area contributed by atoms with Crippen molar-refractivity contribution in [2.24, 2.45) is 0 Å². The molecule has 0 saturated heterocycles. The molecule has 1 aromatic carbocycles. The Labute approximate surface area is 122 Å². The lowest BCUT2D eigenvalue weighted by Crippen LogP contribution is -2.14. The molecule has 2 rings (SSSR count). The van der Waals surface area contributed by atoms with E-state index in [1.807, 2.05) is 11.4 Å². The van der Waals surface area contributed by atoms with E-state index in [4.69, 9.17) is 5.26 Å². The summed E-state index contributed by atoms with van der Waals surface area (Å²) in [7, 11) is 0. The number of carbonyl (C=O) groups excluding carboxylic acids is 1. The summed E-state index contributed by atoms with van der Waals surface area (Å²) in [5, 5.41) is 14.6. The highest BCUT2D eigenvalue weighted by molar-refractivity contribution is 7.09. The zero-order chi connectivity index (χ0) is 14.5. The third-order valence-electron chi connectivity index (χ3n) is 2.68. The van der Waals surface area contributed by atoms with Crippen LogP contribution in [0.4, 0.5) is 5.69 Å². The van der Waals surface area contributed by atoms with E-state index in [-0.39, 0.29) is 12.3 Å². The quantitative estimate of drug-likeness (QED) is 0.937. The van der Waals surface area contributed by atoms with Crippen LogP contribution in [0.5, 0.6) is 0 Å². The molecule has 1 heterocycles. The van der Waals surface area contributed by atoms with Crippen molar-refractivity contribution in [1.82, 2.24) is 4.98 Å². The summed E-state index contributed by atoms with van der Waals surface area (Å²) < 4.78 is 0. The normalized spacial score (nSPS) is 10.3. The fourth-order valence-corrected chi connectivity index (χ4v) is 2.54. The molecule has 0 fully saturated rings. The van der Waals surface area contributed by atoms with Crippen LogP contribution in [0.3, 0.4) is 0 Å². The average Bonchev–Trinajstić information content (AvgIpc) is 2.87. The van der Waals surface area contributed by atoms with Crippen molar-refractivity contribution in [2.75, 3.05) is 5.32 Å². The summed E-state index contributed by atoms with van der Waals surface area (Å²) in [5.41, 5.74) is 1.94. The molecule has 0 aliphatic rings. The molecule has 0 saturated carbocycles. The number of amides is 1. The first-order valence-corrected chi connectivity index (χ1v) is 7.20. The van der Waals surface area contributed by atoms with Crippen molar-refractivity contribution in [2.45, 2.75) is 26.2 Å². The molecule has 2 aromatic rings. The third kappa shape index (κ3) is 3.65. The molecule has 0 bridgehead atoms. The molecule has 0 aliphatic carbocycles. The summed E-state index contributed by atoms with van der Waals surface area (Å²) in [4.78, 5) is 16.4. The van der Waals surface area contributed by atoms with Gasteiger partial charge in [-0.1, -0.05) is 19.9 Å². The highest BCUT2D eigenvalue weighted by Gasteiger charge is 2.10. The number of anilines is 1. The molecule has 1 N–H and O–H groups in total. The Kier molecular flexibility index (Phi) is 4.49. The van der Waals surface area contributed by atoms with Crippen LogP contribution in [0.25, 0.3) is 0 Å². The zero-order valence-corrected chi connectivity index (χ0v) is 12.2. The van der Waals surface area contributed by atoms with Gasteiger partial charge in [0.1, 0.15) is 0 Å². The van der Waals surface area contributed by atoms with Crippen LogP contribution in [0.2, 0.25) is 0 Å². The van der Waals surface area contributed by atoms with Gasteiger partial charge in [0.05, 0.1) is 28.8 Å². The predicted molar refractivity (Wildman–Crippen MR) is 79.7 cm³/mol. The summed E-state index contributed by atoms with van der Waals surface area (Å²) in [6.45, 7) is 4.16. The molecule has 1 amide bonds. The summed E-state index contributed by atoms with van der Waals surface area (Å²) in [6.07, 6.45) is 0.250. The van der Waals surface area contributed by atoms with Crippen LogP contribution in [-0.4, -0.2) is 10.9 Å². The maximum absolute atomic E-state index is 11.9. The second-order valence-electron chi connectivity index (χ2n) is 4.75. The van der Waals surface area contributed by atoms with Crippen LogP contribution in [-0.2, 0) is 11.2 Å². The van der Waals surface area contributed by atoms with Gasteiger partial charge >= 0.3 is 0 Å². The van der Waals surface area contributed by atoms with E-state index in [0.29, 0.717) is 17.2 Å². The van der Waals surface area contributed by atoms with Gasteiger partial charge < -0.3 is 5.32 Å². The van der Waals surface area contributed by atoms with Crippen molar-refractivity contribution >= 4 is 22.9 Å². The minimum Gasteiger partial charge on any atom is -0.326 e. The molecule has 102 valence electrons. The lowest BCUT2D eigenvalue weighted by molar-refractivity contribution is -0.115. The number of nitriles is 1. The Hall–Kier alpha value is -2.19. The van der Waals surface area contributed by atoms with Gasteiger partial charge in [0.2, 0.25) is 5.91 Å². The number of rotatable bonds is 4. The Balaban J connectivity index is 1.99. The SMILES string of the molecule is CC(C)c1nc(CC(=O)Nc2cccc(C#N)c2)cs1. The van der Waals surface area contributed by atoms with Gasteiger partial charge in [-0.05, 0) is 18.2 Å². The van der Waals surface area contributed by atoms with Gasteiger partial charge in [-0.25, -0.2) is 4.98 Å². The first-order chi connectivity index (χ1) is 9.58. The minimum atomic E-state index is -0.124. The molecular weight excluding hydrogens is 270 g/mol. The van der Waals surface area contributed by atoms with Crippen molar-refractivity contribution in [3.63, 3.8) is 0 Å².